The molecule has 5 heteroatoms. The van der Waals surface area contributed by atoms with Gasteiger partial charge in [0.15, 0.2) is 0 Å². The second-order valence-corrected chi connectivity index (χ2v) is 4.03. The van der Waals surface area contributed by atoms with E-state index in [0.29, 0.717) is 0 Å². The molecule has 0 spiro atoms. The summed E-state index contributed by atoms with van der Waals surface area (Å²) in [4.78, 5) is 16.9. The van der Waals surface area contributed by atoms with Crippen molar-refractivity contribution in [2.24, 2.45) is 5.73 Å². The van der Waals surface area contributed by atoms with Gasteiger partial charge in [0, 0.05) is 25.3 Å². The highest BCUT2D eigenvalue weighted by atomic mass is 16.4. The van der Waals surface area contributed by atoms with E-state index in [1.54, 1.807) is 12.1 Å². The lowest BCUT2D eigenvalue weighted by Gasteiger charge is -2.30. The maximum atomic E-state index is 10.7. The monoisotopic (exact) mass is 221 g/mol. The van der Waals surface area contributed by atoms with E-state index in [-0.39, 0.29) is 11.6 Å². The molecule has 0 aliphatic carbocycles. The molecule has 0 aromatic carbocycles. The van der Waals surface area contributed by atoms with Crippen LogP contribution < -0.4 is 10.6 Å². The van der Waals surface area contributed by atoms with Gasteiger partial charge < -0.3 is 15.7 Å². The van der Waals surface area contributed by atoms with Crippen LogP contribution in [0.1, 0.15) is 23.2 Å². The Kier molecular flexibility index (Phi) is 3.05. The van der Waals surface area contributed by atoms with Crippen LogP contribution in [0, 0.1) is 0 Å². The maximum absolute atomic E-state index is 10.7. The van der Waals surface area contributed by atoms with Crippen molar-refractivity contribution in [3.63, 3.8) is 0 Å². The van der Waals surface area contributed by atoms with Crippen molar-refractivity contribution in [3.05, 3.63) is 23.9 Å². The van der Waals surface area contributed by atoms with Crippen LogP contribution in [-0.4, -0.2) is 35.2 Å². The molecule has 2 heterocycles. The number of pyridine rings is 1. The molecule has 1 aromatic rings. The van der Waals surface area contributed by atoms with Crippen molar-refractivity contribution in [1.82, 2.24) is 4.98 Å². The Labute approximate surface area is 93.9 Å². The third kappa shape index (κ3) is 2.30. The molecule has 0 radical (unpaired) electrons. The van der Waals surface area contributed by atoms with Crippen molar-refractivity contribution < 1.29 is 9.90 Å². The summed E-state index contributed by atoms with van der Waals surface area (Å²) < 4.78 is 0. The second kappa shape index (κ2) is 4.49. The Balaban J connectivity index is 2.07. The van der Waals surface area contributed by atoms with E-state index in [2.05, 4.69) is 9.88 Å². The highest BCUT2D eigenvalue weighted by Gasteiger charge is 2.17. The Morgan fingerprint density at radius 1 is 1.44 bits per heavy atom. The van der Waals surface area contributed by atoms with Gasteiger partial charge in [0.05, 0.1) is 5.56 Å². The molecule has 5 nitrogen and oxygen atoms in total. The molecule has 1 saturated heterocycles. The van der Waals surface area contributed by atoms with Crippen LogP contribution >= 0.6 is 0 Å². The Bertz CT molecular complexity index is 369. The SMILES string of the molecule is NC1CCN(c2ccc(C(=O)O)cn2)CC1. The summed E-state index contributed by atoms with van der Waals surface area (Å²) in [5, 5.41) is 8.75. The number of hydrogen-bond donors (Lipinski definition) is 2. The average molecular weight is 221 g/mol. The van der Waals surface area contributed by atoms with Gasteiger partial charge in [-0.25, -0.2) is 9.78 Å². The summed E-state index contributed by atoms with van der Waals surface area (Å²) in [7, 11) is 0. The number of aromatic carboxylic acids is 1. The molecule has 2 rings (SSSR count). The number of hydrogen-bond acceptors (Lipinski definition) is 4. The lowest BCUT2D eigenvalue weighted by molar-refractivity contribution is 0.0696. The number of carbonyl (C=O) groups is 1. The summed E-state index contributed by atoms with van der Waals surface area (Å²) in [6.07, 6.45) is 3.32. The van der Waals surface area contributed by atoms with Crippen molar-refractivity contribution in [2.75, 3.05) is 18.0 Å². The zero-order valence-electron chi connectivity index (χ0n) is 8.97. The summed E-state index contributed by atoms with van der Waals surface area (Å²) >= 11 is 0. The van der Waals surface area contributed by atoms with Crippen LogP contribution in [0.4, 0.5) is 5.82 Å². The molecule has 86 valence electrons. The quantitative estimate of drug-likeness (QED) is 0.768. The molecule has 3 N–H and O–H groups in total. The van der Waals surface area contributed by atoms with E-state index in [0.717, 1.165) is 31.7 Å². The van der Waals surface area contributed by atoms with Crippen molar-refractivity contribution in [3.8, 4) is 0 Å². The molecule has 16 heavy (non-hydrogen) atoms. The zero-order chi connectivity index (χ0) is 11.5. The largest absolute Gasteiger partial charge is 0.478 e. The van der Waals surface area contributed by atoms with Gasteiger partial charge in [0.2, 0.25) is 0 Å². The number of anilines is 1. The van der Waals surface area contributed by atoms with E-state index in [1.165, 1.54) is 6.20 Å². The number of nitrogens with zero attached hydrogens (tertiary/aromatic N) is 2. The highest BCUT2D eigenvalue weighted by molar-refractivity contribution is 5.87. The molecule has 0 bridgehead atoms. The Hall–Kier alpha value is -1.62. The molecule has 0 amide bonds. The highest BCUT2D eigenvalue weighted by Crippen LogP contribution is 2.17. The second-order valence-electron chi connectivity index (χ2n) is 4.03. The molecule has 1 fully saturated rings. The summed E-state index contributed by atoms with van der Waals surface area (Å²) in [6.45, 7) is 1.78. The minimum atomic E-state index is -0.945. The van der Waals surface area contributed by atoms with E-state index in [9.17, 15) is 4.79 Å². The van der Waals surface area contributed by atoms with Gasteiger partial charge in [-0.05, 0) is 25.0 Å². The van der Waals surface area contributed by atoms with Crippen molar-refractivity contribution in [2.45, 2.75) is 18.9 Å². The average Bonchev–Trinajstić information content (AvgIpc) is 2.30. The fourth-order valence-corrected chi connectivity index (χ4v) is 1.83. The third-order valence-electron chi connectivity index (χ3n) is 2.86. The molecule has 1 aliphatic heterocycles. The van der Waals surface area contributed by atoms with Gasteiger partial charge in [-0.1, -0.05) is 0 Å². The van der Waals surface area contributed by atoms with E-state index in [1.807, 2.05) is 0 Å². The van der Waals surface area contributed by atoms with Crippen LogP contribution in [0.2, 0.25) is 0 Å². The maximum Gasteiger partial charge on any atom is 0.337 e. The van der Waals surface area contributed by atoms with Gasteiger partial charge in [-0.15, -0.1) is 0 Å². The summed E-state index contributed by atoms with van der Waals surface area (Å²) in [5.74, 6) is -0.114. The fourth-order valence-electron chi connectivity index (χ4n) is 1.83. The topological polar surface area (TPSA) is 79.5 Å². The van der Waals surface area contributed by atoms with Gasteiger partial charge >= 0.3 is 5.97 Å². The first kappa shape index (κ1) is 10.9. The van der Waals surface area contributed by atoms with Crippen molar-refractivity contribution in [1.29, 1.82) is 0 Å². The molecule has 1 aliphatic rings. The standard InChI is InChI=1S/C11H15N3O2/c12-9-3-5-14(6-4-9)10-2-1-8(7-13-10)11(15)16/h1-2,7,9H,3-6,12H2,(H,15,16). The van der Waals surface area contributed by atoms with Gasteiger partial charge in [0.1, 0.15) is 5.82 Å². The summed E-state index contributed by atoms with van der Waals surface area (Å²) in [5.41, 5.74) is 6.03. The Morgan fingerprint density at radius 3 is 2.62 bits per heavy atom. The molecule has 0 saturated carbocycles. The lowest BCUT2D eigenvalue weighted by Crippen LogP contribution is -2.40. The predicted octanol–water partition coefficient (Wildman–Crippen LogP) is 0.707. The number of rotatable bonds is 2. The molecular weight excluding hydrogens is 206 g/mol. The van der Waals surface area contributed by atoms with Crippen LogP contribution in [-0.2, 0) is 0 Å². The van der Waals surface area contributed by atoms with E-state index >= 15 is 0 Å². The minimum Gasteiger partial charge on any atom is -0.478 e. The van der Waals surface area contributed by atoms with Gasteiger partial charge in [-0.3, -0.25) is 0 Å². The van der Waals surface area contributed by atoms with Crippen LogP contribution in [0.25, 0.3) is 0 Å². The van der Waals surface area contributed by atoms with Crippen LogP contribution in [0.15, 0.2) is 18.3 Å². The zero-order valence-corrected chi connectivity index (χ0v) is 8.97. The Morgan fingerprint density at radius 2 is 2.12 bits per heavy atom. The number of carboxylic acid groups (broad SMARTS) is 1. The number of carboxylic acids is 1. The third-order valence-corrected chi connectivity index (χ3v) is 2.86. The fraction of sp³-hybridized carbons (Fsp3) is 0.455. The lowest BCUT2D eigenvalue weighted by atomic mass is 10.1. The van der Waals surface area contributed by atoms with Gasteiger partial charge in [-0.2, -0.15) is 0 Å². The molecule has 0 unspecified atom stereocenters. The first-order valence-electron chi connectivity index (χ1n) is 5.36. The van der Waals surface area contributed by atoms with Crippen LogP contribution in [0.5, 0.6) is 0 Å². The first-order chi connectivity index (χ1) is 7.66. The number of nitrogens with two attached hydrogens (primary N) is 1. The van der Waals surface area contributed by atoms with E-state index < -0.39 is 5.97 Å². The smallest absolute Gasteiger partial charge is 0.337 e. The first-order valence-corrected chi connectivity index (χ1v) is 5.36. The normalized spacial score (nSPS) is 17.4. The van der Waals surface area contributed by atoms with Crippen molar-refractivity contribution >= 4 is 11.8 Å². The molecular formula is C11H15N3O2. The predicted molar refractivity (Wildman–Crippen MR) is 60.6 cm³/mol. The van der Waals surface area contributed by atoms with Crippen LogP contribution in [0.3, 0.4) is 0 Å². The molecule has 1 aromatic heterocycles. The van der Waals surface area contributed by atoms with Gasteiger partial charge in [0.25, 0.3) is 0 Å². The number of piperidine rings is 1. The summed E-state index contributed by atoms with van der Waals surface area (Å²) in [6, 6.07) is 3.62. The minimum absolute atomic E-state index is 0.220. The van der Waals surface area contributed by atoms with E-state index in [4.69, 9.17) is 10.8 Å². The molecule has 0 atom stereocenters. The number of aromatic nitrogens is 1.